The van der Waals surface area contributed by atoms with E-state index >= 15 is 0 Å². The summed E-state index contributed by atoms with van der Waals surface area (Å²) < 4.78 is 0. The first kappa shape index (κ1) is 17.2. The third-order valence-corrected chi connectivity index (χ3v) is 4.95. The monoisotopic (exact) mass is 337 g/mol. The van der Waals surface area contributed by atoms with Crippen molar-refractivity contribution in [2.24, 2.45) is 0 Å². The Labute approximate surface area is 147 Å². The van der Waals surface area contributed by atoms with Gasteiger partial charge in [0.05, 0.1) is 18.4 Å². The zero-order valence-corrected chi connectivity index (χ0v) is 14.4. The maximum atomic E-state index is 12.9. The van der Waals surface area contributed by atoms with Gasteiger partial charge in [-0.1, -0.05) is 48.5 Å². The summed E-state index contributed by atoms with van der Waals surface area (Å²) in [6.07, 6.45) is 2.65. The lowest BCUT2D eigenvalue weighted by atomic mass is 9.82. The fourth-order valence-corrected chi connectivity index (χ4v) is 3.69. The second kappa shape index (κ2) is 7.51. The van der Waals surface area contributed by atoms with E-state index in [1.807, 2.05) is 49.4 Å². The van der Waals surface area contributed by atoms with Crippen molar-refractivity contribution in [3.8, 4) is 0 Å². The maximum absolute atomic E-state index is 12.9. The van der Waals surface area contributed by atoms with Crippen molar-refractivity contribution in [1.82, 2.24) is 5.32 Å². The van der Waals surface area contributed by atoms with Gasteiger partial charge in [-0.2, -0.15) is 0 Å². The second-order valence-corrected chi connectivity index (χ2v) is 6.66. The number of amides is 1. The summed E-state index contributed by atoms with van der Waals surface area (Å²) in [4.78, 5) is 24.2. The van der Waals surface area contributed by atoms with Crippen molar-refractivity contribution >= 4 is 11.9 Å². The van der Waals surface area contributed by atoms with Crippen LogP contribution in [0.4, 0.5) is 0 Å². The second-order valence-electron chi connectivity index (χ2n) is 6.66. The van der Waals surface area contributed by atoms with Gasteiger partial charge in [0, 0.05) is 0 Å². The molecule has 0 aromatic heterocycles. The van der Waals surface area contributed by atoms with Crippen LogP contribution in [-0.4, -0.2) is 17.0 Å². The highest BCUT2D eigenvalue weighted by Gasteiger charge is 2.29. The van der Waals surface area contributed by atoms with Crippen molar-refractivity contribution < 1.29 is 14.7 Å². The molecule has 2 aromatic rings. The lowest BCUT2D eigenvalue weighted by Gasteiger charge is -2.27. The van der Waals surface area contributed by atoms with Crippen LogP contribution in [0.2, 0.25) is 0 Å². The van der Waals surface area contributed by atoms with Crippen LogP contribution in [0.15, 0.2) is 48.5 Å². The van der Waals surface area contributed by atoms with Crippen molar-refractivity contribution in [2.45, 2.75) is 44.6 Å². The zero-order valence-electron chi connectivity index (χ0n) is 14.4. The minimum atomic E-state index is -0.919. The third-order valence-electron chi connectivity index (χ3n) is 4.95. The highest BCUT2D eigenvalue weighted by Crippen LogP contribution is 2.32. The standard InChI is InChI=1S/C21H23NO3/c1-14-7-2-4-10-16(14)19(13-20(23)24)22-21(25)18-12-6-9-15-8-3-5-11-17(15)18/h2-5,7-8,10-11,18-19H,6,9,12-13H2,1H3,(H,22,25)(H,23,24). The minimum absolute atomic E-state index is 0.0818. The van der Waals surface area contributed by atoms with Crippen molar-refractivity contribution in [1.29, 1.82) is 0 Å². The number of aliphatic carboxylic acids is 1. The van der Waals surface area contributed by atoms with Gasteiger partial charge in [0.2, 0.25) is 5.91 Å². The van der Waals surface area contributed by atoms with E-state index in [0.717, 1.165) is 36.0 Å². The molecule has 0 heterocycles. The number of fused-ring (bicyclic) bond motifs is 1. The first-order chi connectivity index (χ1) is 12.1. The fourth-order valence-electron chi connectivity index (χ4n) is 3.69. The van der Waals surface area contributed by atoms with Gasteiger partial charge in [-0.3, -0.25) is 9.59 Å². The summed E-state index contributed by atoms with van der Waals surface area (Å²) in [6.45, 7) is 1.94. The number of hydrogen-bond acceptors (Lipinski definition) is 2. The predicted octanol–water partition coefficient (Wildman–Crippen LogP) is 3.75. The van der Waals surface area contributed by atoms with E-state index in [0.29, 0.717) is 0 Å². The smallest absolute Gasteiger partial charge is 0.305 e. The summed E-state index contributed by atoms with van der Waals surface area (Å²) in [7, 11) is 0. The van der Waals surface area contributed by atoms with E-state index in [2.05, 4.69) is 11.4 Å². The van der Waals surface area contributed by atoms with Gasteiger partial charge < -0.3 is 10.4 Å². The molecule has 4 heteroatoms. The van der Waals surface area contributed by atoms with Crippen LogP contribution in [0.25, 0.3) is 0 Å². The van der Waals surface area contributed by atoms with Crippen LogP contribution in [0.3, 0.4) is 0 Å². The van der Waals surface area contributed by atoms with Crippen LogP contribution < -0.4 is 5.32 Å². The number of rotatable bonds is 5. The molecular formula is C21H23NO3. The summed E-state index contributed by atoms with van der Waals surface area (Å²) >= 11 is 0. The fraction of sp³-hybridized carbons (Fsp3) is 0.333. The van der Waals surface area contributed by atoms with E-state index in [9.17, 15) is 14.7 Å². The molecule has 25 heavy (non-hydrogen) atoms. The Morgan fingerprint density at radius 2 is 1.88 bits per heavy atom. The van der Waals surface area contributed by atoms with Gasteiger partial charge in [-0.05, 0) is 48.4 Å². The molecule has 2 atom stereocenters. The van der Waals surface area contributed by atoms with Crippen LogP contribution in [0, 0.1) is 6.92 Å². The zero-order chi connectivity index (χ0) is 17.8. The number of aryl methyl sites for hydroxylation is 2. The molecule has 0 saturated carbocycles. The molecule has 130 valence electrons. The molecule has 3 rings (SSSR count). The van der Waals surface area contributed by atoms with Gasteiger partial charge in [0.1, 0.15) is 0 Å². The molecule has 2 N–H and O–H groups in total. The summed E-state index contributed by atoms with van der Waals surface area (Å²) in [5.41, 5.74) is 4.14. The number of hydrogen-bond donors (Lipinski definition) is 2. The van der Waals surface area contributed by atoms with Gasteiger partial charge in [0.15, 0.2) is 0 Å². The normalized spacial score (nSPS) is 17.4. The van der Waals surface area contributed by atoms with Crippen LogP contribution in [-0.2, 0) is 16.0 Å². The Morgan fingerprint density at radius 1 is 1.16 bits per heavy atom. The molecule has 4 nitrogen and oxygen atoms in total. The summed E-state index contributed by atoms with van der Waals surface area (Å²) in [6, 6.07) is 15.1. The SMILES string of the molecule is Cc1ccccc1C(CC(=O)O)NC(=O)C1CCCc2ccccc21. The molecule has 0 spiro atoms. The van der Waals surface area contributed by atoms with Gasteiger partial charge in [0.25, 0.3) is 0 Å². The largest absolute Gasteiger partial charge is 0.481 e. The van der Waals surface area contributed by atoms with Crippen LogP contribution >= 0.6 is 0 Å². The molecule has 0 bridgehead atoms. The first-order valence-electron chi connectivity index (χ1n) is 8.71. The van der Waals surface area contributed by atoms with E-state index in [1.54, 1.807) is 0 Å². The lowest BCUT2D eigenvalue weighted by molar-refractivity contribution is -0.137. The molecule has 0 radical (unpaired) electrons. The van der Waals surface area contributed by atoms with Gasteiger partial charge in [-0.25, -0.2) is 0 Å². The van der Waals surface area contributed by atoms with E-state index in [1.165, 1.54) is 5.56 Å². The Bertz CT molecular complexity index is 784. The molecule has 0 aliphatic heterocycles. The quantitative estimate of drug-likeness (QED) is 0.873. The van der Waals surface area contributed by atoms with Crippen LogP contribution in [0.5, 0.6) is 0 Å². The molecular weight excluding hydrogens is 314 g/mol. The molecule has 2 aromatic carbocycles. The van der Waals surface area contributed by atoms with Crippen molar-refractivity contribution in [3.05, 3.63) is 70.8 Å². The number of nitrogens with one attached hydrogen (secondary N) is 1. The topological polar surface area (TPSA) is 66.4 Å². The average molecular weight is 337 g/mol. The highest BCUT2D eigenvalue weighted by molar-refractivity contribution is 5.85. The number of benzene rings is 2. The predicted molar refractivity (Wildman–Crippen MR) is 96.4 cm³/mol. The first-order valence-corrected chi connectivity index (χ1v) is 8.71. The van der Waals surface area contributed by atoms with Crippen molar-refractivity contribution in [2.75, 3.05) is 0 Å². The molecule has 1 aliphatic rings. The Hall–Kier alpha value is -2.62. The number of carbonyl (C=O) groups excluding carboxylic acids is 1. The minimum Gasteiger partial charge on any atom is -0.481 e. The molecule has 0 saturated heterocycles. The lowest BCUT2D eigenvalue weighted by Crippen LogP contribution is -2.35. The van der Waals surface area contributed by atoms with E-state index < -0.39 is 12.0 Å². The van der Waals surface area contributed by atoms with E-state index in [-0.39, 0.29) is 18.2 Å². The Morgan fingerprint density at radius 3 is 2.64 bits per heavy atom. The molecule has 2 unspecified atom stereocenters. The molecule has 1 aliphatic carbocycles. The number of carbonyl (C=O) groups is 2. The van der Waals surface area contributed by atoms with Gasteiger partial charge >= 0.3 is 5.97 Å². The average Bonchev–Trinajstić information content (AvgIpc) is 2.60. The van der Waals surface area contributed by atoms with Gasteiger partial charge in [-0.15, -0.1) is 0 Å². The molecule has 0 fully saturated rings. The van der Waals surface area contributed by atoms with Crippen LogP contribution in [0.1, 0.15) is 53.5 Å². The Kier molecular flexibility index (Phi) is 5.17. The van der Waals surface area contributed by atoms with Crippen molar-refractivity contribution in [3.63, 3.8) is 0 Å². The third kappa shape index (κ3) is 3.90. The van der Waals surface area contributed by atoms with E-state index in [4.69, 9.17) is 0 Å². The number of carboxylic acid groups (broad SMARTS) is 1. The summed E-state index contributed by atoms with van der Waals surface area (Å²) in [5, 5.41) is 12.3. The summed E-state index contributed by atoms with van der Waals surface area (Å²) in [5.74, 6) is -1.20. The molecule has 1 amide bonds. The highest BCUT2D eigenvalue weighted by atomic mass is 16.4. The maximum Gasteiger partial charge on any atom is 0.305 e. The number of carboxylic acids is 1. The Balaban J connectivity index is 1.84.